The molecule has 0 radical (unpaired) electrons. The molecule has 2 aromatic carbocycles. The second-order valence-electron chi connectivity index (χ2n) is 6.31. The minimum atomic E-state index is 0. The summed E-state index contributed by atoms with van der Waals surface area (Å²) in [6, 6.07) is 17.1. The number of guanidine groups is 1. The maximum absolute atomic E-state index is 4.48. The molecule has 0 atom stereocenters. The summed E-state index contributed by atoms with van der Waals surface area (Å²) in [5.41, 5.74) is 4.91. The topological polar surface area (TPSA) is 67.1 Å². The Balaban J connectivity index is 0.00000210. The van der Waals surface area contributed by atoms with Crippen molar-refractivity contribution in [3.8, 4) is 11.1 Å². The summed E-state index contributed by atoms with van der Waals surface area (Å²) >= 11 is 0. The lowest BCUT2D eigenvalue weighted by Crippen LogP contribution is -2.40. The summed E-state index contributed by atoms with van der Waals surface area (Å²) in [4.78, 5) is 8.46. The number of nitrogens with one attached hydrogen (secondary N) is 2. The Bertz CT molecular complexity index is 874. The molecule has 2 N–H and O–H groups in total. The monoisotopic (exact) mass is 474 g/mol. The molecule has 27 heavy (non-hydrogen) atoms. The van der Waals surface area contributed by atoms with Crippen molar-refractivity contribution in [1.29, 1.82) is 0 Å². The summed E-state index contributed by atoms with van der Waals surface area (Å²) in [5, 5.41) is 10.9. The molecular formula is C20H23IN6. The first-order valence-corrected chi connectivity index (χ1v) is 8.90. The van der Waals surface area contributed by atoms with Crippen LogP contribution in [-0.4, -0.2) is 33.8 Å². The molecule has 140 valence electrons. The fourth-order valence-electron chi connectivity index (χ4n) is 3.08. The number of hydrogen-bond acceptors (Lipinski definition) is 5. The van der Waals surface area contributed by atoms with Crippen molar-refractivity contribution in [3.63, 3.8) is 0 Å². The molecule has 0 saturated heterocycles. The summed E-state index contributed by atoms with van der Waals surface area (Å²) in [6.07, 6.45) is 4.39. The highest BCUT2D eigenvalue weighted by atomic mass is 127. The van der Waals surface area contributed by atoms with Gasteiger partial charge in [-0.25, -0.2) is 9.67 Å². The van der Waals surface area contributed by atoms with Crippen molar-refractivity contribution in [2.75, 3.05) is 13.1 Å². The van der Waals surface area contributed by atoms with E-state index in [1.165, 1.54) is 22.3 Å². The molecule has 0 saturated carbocycles. The summed E-state index contributed by atoms with van der Waals surface area (Å²) in [7, 11) is 0. The number of nitrogens with zero attached hydrogens (tertiary/aromatic N) is 4. The molecule has 0 fully saturated rings. The van der Waals surface area contributed by atoms with Crippen LogP contribution >= 0.6 is 24.0 Å². The Hall–Kier alpha value is -2.42. The van der Waals surface area contributed by atoms with Crippen LogP contribution in [0, 0.1) is 0 Å². The van der Waals surface area contributed by atoms with E-state index in [2.05, 4.69) is 74.2 Å². The van der Waals surface area contributed by atoms with Gasteiger partial charge in [0.25, 0.3) is 0 Å². The van der Waals surface area contributed by atoms with Gasteiger partial charge in [-0.15, -0.1) is 24.0 Å². The Labute approximate surface area is 176 Å². The predicted octanol–water partition coefficient (Wildman–Crippen LogP) is 3.05. The number of aromatic nitrogens is 3. The number of aliphatic imine (C=N–C) groups is 1. The third-order valence-corrected chi connectivity index (χ3v) is 4.44. The van der Waals surface area contributed by atoms with Crippen LogP contribution in [0.4, 0.5) is 0 Å². The minimum Gasteiger partial charge on any atom is -0.356 e. The van der Waals surface area contributed by atoms with Gasteiger partial charge in [-0.1, -0.05) is 48.5 Å². The van der Waals surface area contributed by atoms with Gasteiger partial charge in [0.1, 0.15) is 12.7 Å². The van der Waals surface area contributed by atoms with E-state index in [9.17, 15) is 0 Å². The summed E-state index contributed by atoms with van der Waals surface area (Å²) in [5.74, 6) is 0.897. The van der Waals surface area contributed by atoms with Crippen LogP contribution in [0.5, 0.6) is 0 Å². The van der Waals surface area contributed by atoms with Crippen molar-refractivity contribution < 1.29 is 0 Å². The molecule has 2 heterocycles. The normalized spacial score (nSPS) is 13.3. The Morgan fingerprint density at radius 3 is 2.67 bits per heavy atom. The molecule has 0 spiro atoms. The van der Waals surface area contributed by atoms with Gasteiger partial charge in [-0.2, -0.15) is 5.10 Å². The quantitative estimate of drug-likeness (QED) is 0.558. The minimum absolute atomic E-state index is 0. The standard InChI is InChI=1S/C20H22N6.HI/c1-2-5-19(18(4-1)12-24-20-22-10-3-11-23-20)17-8-6-16(7-9-17)13-26-15-21-14-25-26;/h1-2,4-9,14-15H,3,10-13H2,(H2,22,23,24);1H. The third-order valence-electron chi connectivity index (χ3n) is 4.44. The van der Waals surface area contributed by atoms with Gasteiger partial charge < -0.3 is 10.6 Å². The molecule has 0 aliphatic carbocycles. The lowest BCUT2D eigenvalue weighted by atomic mass is 9.98. The SMILES string of the molecule is I.c1ccc(-c2ccc(Cn3cncn3)cc2)c(CNC2=NCCCN2)c1. The van der Waals surface area contributed by atoms with Crippen LogP contribution in [0.2, 0.25) is 0 Å². The molecule has 1 aromatic heterocycles. The highest BCUT2D eigenvalue weighted by molar-refractivity contribution is 14.0. The van der Waals surface area contributed by atoms with Gasteiger partial charge in [-0.3, -0.25) is 4.99 Å². The first kappa shape index (κ1) is 19.3. The van der Waals surface area contributed by atoms with E-state index in [-0.39, 0.29) is 24.0 Å². The second-order valence-corrected chi connectivity index (χ2v) is 6.31. The zero-order chi connectivity index (χ0) is 17.6. The van der Waals surface area contributed by atoms with Crippen LogP contribution in [0.1, 0.15) is 17.5 Å². The van der Waals surface area contributed by atoms with Gasteiger partial charge >= 0.3 is 0 Å². The molecule has 0 amide bonds. The molecule has 6 nitrogen and oxygen atoms in total. The first-order chi connectivity index (χ1) is 12.9. The molecule has 4 rings (SSSR count). The molecule has 3 aromatic rings. The van der Waals surface area contributed by atoms with Crippen LogP contribution in [0.25, 0.3) is 11.1 Å². The number of rotatable bonds is 5. The molecule has 1 aliphatic rings. The number of hydrogen-bond donors (Lipinski definition) is 2. The van der Waals surface area contributed by atoms with Crippen molar-refractivity contribution in [1.82, 2.24) is 25.4 Å². The fourth-order valence-corrected chi connectivity index (χ4v) is 3.08. The van der Waals surface area contributed by atoms with E-state index in [0.717, 1.165) is 38.6 Å². The van der Waals surface area contributed by atoms with E-state index < -0.39 is 0 Å². The average molecular weight is 474 g/mol. The van der Waals surface area contributed by atoms with Crippen molar-refractivity contribution in [2.24, 2.45) is 4.99 Å². The van der Waals surface area contributed by atoms with Crippen LogP contribution < -0.4 is 10.6 Å². The van der Waals surface area contributed by atoms with Gasteiger partial charge in [0.15, 0.2) is 5.96 Å². The van der Waals surface area contributed by atoms with E-state index >= 15 is 0 Å². The van der Waals surface area contributed by atoms with E-state index in [0.29, 0.717) is 0 Å². The Morgan fingerprint density at radius 2 is 1.93 bits per heavy atom. The van der Waals surface area contributed by atoms with Crippen molar-refractivity contribution in [2.45, 2.75) is 19.5 Å². The summed E-state index contributed by atoms with van der Waals surface area (Å²) < 4.78 is 1.82. The lowest BCUT2D eigenvalue weighted by molar-refractivity contribution is 0.685. The van der Waals surface area contributed by atoms with Crippen LogP contribution in [0.15, 0.2) is 66.2 Å². The largest absolute Gasteiger partial charge is 0.356 e. The highest BCUT2D eigenvalue weighted by Gasteiger charge is 2.08. The Kier molecular flexibility index (Phi) is 6.80. The van der Waals surface area contributed by atoms with E-state index in [1.807, 2.05) is 4.68 Å². The van der Waals surface area contributed by atoms with Crippen molar-refractivity contribution in [3.05, 3.63) is 72.3 Å². The average Bonchev–Trinajstić information content (AvgIpc) is 3.21. The van der Waals surface area contributed by atoms with Gasteiger partial charge in [0.05, 0.1) is 6.54 Å². The molecule has 7 heteroatoms. The maximum Gasteiger partial charge on any atom is 0.191 e. The van der Waals surface area contributed by atoms with E-state index in [1.54, 1.807) is 12.7 Å². The Morgan fingerprint density at radius 1 is 1.07 bits per heavy atom. The molecular weight excluding hydrogens is 451 g/mol. The van der Waals surface area contributed by atoms with Gasteiger partial charge in [0.2, 0.25) is 0 Å². The number of benzene rings is 2. The zero-order valence-corrected chi connectivity index (χ0v) is 17.3. The lowest BCUT2D eigenvalue weighted by Gasteiger charge is -2.17. The zero-order valence-electron chi connectivity index (χ0n) is 15.0. The van der Waals surface area contributed by atoms with Gasteiger partial charge in [-0.05, 0) is 28.7 Å². The maximum atomic E-state index is 4.48. The van der Waals surface area contributed by atoms with Crippen LogP contribution in [0.3, 0.4) is 0 Å². The number of halogens is 1. The van der Waals surface area contributed by atoms with Gasteiger partial charge in [0, 0.05) is 19.6 Å². The predicted molar refractivity (Wildman–Crippen MR) is 118 cm³/mol. The third kappa shape index (κ3) is 5.06. The molecule has 1 aliphatic heterocycles. The summed E-state index contributed by atoms with van der Waals surface area (Å²) in [6.45, 7) is 3.36. The first-order valence-electron chi connectivity index (χ1n) is 8.90. The smallest absolute Gasteiger partial charge is 0.191 e. The fraction of sp³-hybridized carbons (Fsp3) is 0.250. The highest BCUT2D eigenvalue weighted by Crippen LogP contribution is 2.24. The van der Waals surface area contributed by atoms with E-state index in [4.69, 9.17) is 0 Å². The molecule has 0 bridgehead atoms. The second kappa shape index (κ2) is 9.50. The molecule has 0 unspecified atom stereocenters. The van der Waals surface area contributed by atoms with Crippen molar-refractivity contribution >= 4 is 29.9 Å². The van der Waals surface area contributed by atoms with Crippen LogP contribution in [-0.2, 0) is 13.1 Å².